The molecule has 0 fully saturated rings. The van der Waals surface area contributed by atoms with Gasteiger partial charge in [0.2, 0.25) is 0 Å². The van der Waals surface area contributed by atoms with Crippen molar-refractivity contribution >= 4 is 0 Å². The molecule has 0 amide bonds. The number of hydrogen-bond donors (Lipinski definition) is 1. The average Bonchev–Trinajstić information content (AvgIpc) is 2.73. The Morgan fingerprint density at radius 1 is 1.22 bits per heavy atom. The Labute approximate surface area is 109 Å². The van der Waals surface area contributed by atoms with Gasteiger partial charge in [0.1, 0.15) is 0 Å². The number of rotatable bonds is 4. The SMILES string of the molecule is CNC(Cn1nccc1C)c1ccc(C)cc1C. The third-order valence-electron chi connectivity index (χ3n) is 3.43. The summed E-state index contributed by atoms with van der Waals surface area (Å²) in [5.74, 6) is 0. The second-order valence-electron chi connectivity index (χ2n) is 4.86. The van der Waals surface area contributed by atoms with Crippen LogP contribution in [0.4, 0.5) is 0 Å². The second kappa shape index (κ2) is 5.36. The van der Waals surface area contributed by atoms with Crippen LogP contribution in [0.5, 0.6) is 0 Å². The Balaban J connectivity index is 2.26. The molecule has 1 atom stereocenters. The lowest BCUT2D eigenvalue weighted by Gasteiger charge is -2.20. The van der Waals surface area contributed by atoms with Crippen molar-refractivity contribution in [1.82, 2.24) is 15.1 Å². The number of benzene rings is 1. The zero-order valence-electron chi connectivity index (χ0n) is 11.6. The van der Waals surface area contributed by atoms with Gasteiger partial charge in [-0.25, -0.2) is 0 Å². The maximum Gasteiger partial charge on any atom is 0.0607 e. The number of aryl methyl sites for hydroxylation is 3. The molecule has 1 aromatic heterocycles. The average molecular weight is 243 g/mol. The summed E-state index contributed by atoms with van der Waals surface area (Å²) in [6.45, 7) is 7.24. The summed E-state index contributed by atoms with van der Waals surface area (Å²) in [5.41, 5.74) is 5.18. The molecule has 0 aliphatic heterocycles. The van der Waals surface area contributed by atoms with Crippen LogP contribution in [0.1, 0.15) is 28.4 Å². The zero-order valence-corrected chi connectivity index (χ0v) is 11.6. The van der Waals surface area contributed by atoms with Gasteiger partial charge < -0.3 is 5.32 Å². The third kappa shape index (κ3) is 2.62. The molecule has 96 valence electrons. The van der Waals surface area contributed by atoms with E-state index in [1.807, 2.05) is 24.0 Å². The van der Waals surface area contributed by atoms with Gasteiger partial charge in [-0.3, -0.25) is 4.68 Å². The molecule has 1 unspecified atom stereocenters. The molecule has 0 saturated heterocycles. The van der Waals surface area contributed by atoms with E-state index in [0.717, 1.165) is 6.54 Å². The summed E-state index contributed by atoms with van der Waals surface area (Å²) in [6.07, 6.45) is 1.85. The van der Waals surface area contributed by atoms with E-state index in [1.54, 1.807) is 0 Å². The molecule has 1 N–H and O–H groups in total. The van der Waals surface area contributed by atoms with Crippen molar-refractivity contribution in [3.05, 3.63) is 52.8 Å². The third-order valence-corrected chi connectivity index (χ3v) is 3.43. The molecule has 0 bridgehead atoms. The molecule has 1 heterocycles. The summed E-state index contributed by atoms with van der Waals surface area (Å²) in [6, 6.07) is 8.95. The fourth-order valence-electron chi connectivity index (χ4n) is 2.32. The van der Waals surface area contributed by atoms with Crippen molar-refractivity contribution in [3.8, 4) is 0 Å². The number of hydrogen-bond acceptors (Lipinski definition) is 2. The Kier molecular flexibility index (Phi) is 3.82. The summed E-state index contributed by atoms with van der Waals surface area (Å²) >= 11 is 0. The first-order valence-corrected chi connectivity index (χ1v) is 6.34. The van der Waals surface area contributed by atoms with Crippen molar-refractivity contribution in [1.29, 1.82) is 0 Å². The van der Waals surface area contributed by atoms with Crippen LogP contribution in [0.25, 0.3) is 0 Å². The summed E-state index contributed by atoms with van der Waals surface area (Å²) in [4.78, 5) is 0. The fraction of sp³-hybridized carbons (Fsp3) is 0.400. The lowest BCUT2D eigenvalue weighted by atomic mass is 9.99. The van der Waals surface area contributed by atoms with Gasteiger partial charge in [-0.05, 0) is 45.0 Å². The van der Waals surface area contributed by atoms with Gasteiger partial charge in [0.15, 0.2) is 0 Å². The first-order chi connectivity index (χ1) is 8.61. The van der Waals surface area contributed by atoms with Crippen LogP contribution in [0.3, 0.4) is 0 Å². The highest BCUT2D eigenvalue weighted by Gasteiger charge is 2.13. The molecule has 18 heavy (non-hydrogen) atoms. The molecule has 0 radical (unpaired) electrons. The van der Waals surface area contributed by atoms with Crippen LogP contribution in [0.2, 0.25) is 0 Å². The quantitative estimate of drug-likeness (QED) is 0.895. The Bertz CT molecular complexity index is 528. The molecular weight excluding hydrogens is 222 g/mol. The first kappa shape index (κ1) is 12.8. The van der Waals surface area contributed by atoms with Gasteiger partial charge in [-0.15, -0.1) is 0 Å². The van der Waals surface area contributed by atoms with E-state index >= 15 is 0 Å². The minimum atomic E-state index is 0.296. The maximum atomic E-state index is 4.35. The van der Waals surface area contributed by atoms with E-state index in [1.165, 1.54) is 22.4 Å². The first-order valence-electron chi connectivity index (χ1n) is 6.34. The van der Waals surface area contributed by atoms with Crippen molar-refractivity contribution in [2.45, 2.75) is 33.4 Å². The predicted molar refractivity (Wildman–Crippen MR) is 74.7 cm³/mol. The normalized spacial score (nSPS) is 12.7. The van der Waals surface area contributed by atoms with Crippen molar-refractivity contribution < 1.29 is 0 Å². The van der Waals surface area contributed by atoms with Crippen LogP contribution >= 0.6 is 0 Å². The molecule has 0 aliphatic rings. The van der Waals surface area contributed by atoms with Crippen molar-refractivity contribution in [2.24, 2.45) is 0 Å². The standard InChI is InChI=1S/C15H21N3/c1-11-5-6-14(12(2)9-11)15(16-4)10-18-13(3)7-8-17-18/h5-9,15-16H,10H2,1-4H3. The lowest BCUT2D eigenvalue weighted by Crippen LogP contribution is -2.23. The van der Waals surface area contributed by atoms with E-state index < -0.39 is 0 Å². The highest BCUT2D eigenvalue weighted by atomic mass is 15.3. The minimum absolute atomic E-state index is 0.296. The molecule has 2 rings (SSSR count). The largest absolute Gasteiger partial charge is 0.311 e. The van der Waals surface area contributed by atoms with E-state index in [4.69, 9.17) is 0 Å². The molecule has 0 saturated carbocycles. The Hall–Kier alpha value is -1.61. The Morgan fingerprint density at radius 3 is 2.56 bits per heavy atom. The van der Waals surface area contributed by atoms with Crippen LogP contribution in [-0.2, 0) is 6.54 Å². The number of aromatic nitrogens is 2. The second-order valence-corrected chi connectivity index (χ2v) is 4.86. The van der Waals surface area contributed by atoms with E-state index in [-0.39, 0.29) is 0 Å². The van der Waals surface area contributed by atoms with Crippen LogP contribution in [-0.4, -0.2) is 16.8 Å². The van der Waals surface area contributed by atoms with Gasteiger partial charge in [0, 0.05) is 11.9 Å². The highest BCUT2D eigenvalue weighted by Crippen LogP contribution is 2.20. The maximum absolute atomic E-state index is 4.35. The molecule has 0 spiro atoms. The van der Waals surface area contributed by atoms with Crippen LogP contribution in [0.15, 0.2) is 30.5 Å². The molecule has 0 aliphatic carbocycles. The van der Waals surface area contributed by atoms with Gasteiger partial charge in [-0.1, -0.05) is 23.8 Å². The fourth-order valence-corrected chi connectivity index (χ4v) is 2.32. The summed E-state index contributed by atoms with van der Waals surface area (Å²) < 4.78 is 2.04. The smallest absolute Gasteiger partial charge is 0.0607 e. The highest BCUT2D eigenvalue weighted by molar-refractivity contribution is 5.32. The Morgan fingerprint density at radius 2 is 2.00 bits per heavy atom. The zero-order chi connectivity index (χ0) is 13.1. The van der Waals surface area contributed by atoms with Crippen LogP contribution in [0, 0.1) is 20.8 Å². The van der Waals surface area contributed by atoms with E-state index in [2.05, 4.69) is 49.4 Å². The van der Waals surface area contributed by atoms with Gasteiger partial charge in [-0.2, -0.15) is 5.10 Å². The van der Waals surface area contributed by atoms with E-state index in [9.17, 15) is 0 Å². The topological polar surface area (TPSA) is 29.9 Å². The van der Waals surface area contributed by atoms with Crippen molar-refractivity contribution in [3.63, 3.8) is 0 Å². The number of nitrogens with zero attached hydrogens (tertiary/aromatic N) is 2. The van der Waals surface area contributed by atoms with Gasteiger partial charge >= 0.3 is 0 Å². The number of nitrogens with one attached hydrogen (secondary N) is 1. The minimum Gasteiger partial charge on any atom is -0.311 e. The molecule has 3 heteroatoms. The van der Waals surface area contributed by atoms with Crippen molar-refractivity contribution in [2.75, 3.05) is 7.05 Å². The van der Waals surface area contributed by atoms with Gasteiger partial charge in [0.05, 0.1) is 12.6 Å². The predicted octanol–water partition coefficient (Wildman–Crippen LogP) is 2.77. The molecule has 1 aromatic carbocycles. The lowest BCUT2D eigenvalue weighted by molar-refractivity contribution is 0.460. The monoisotopic (exact) mass is 243 g/mol. The molecule has 2 aromatic rings. The van der Waals surface area contributed by atoms with Crippen LogP contribution < -0.4 is 5.32 Å². The molecule has 3 nitrogen and oxygen atoms in total. The summed E-state index contributed by atoms with van der Waals surface area (Å²) in [7, 11) is 2.00. The van der Waals surface area contributed by atoms with E-state index in [0.29, 0.717) is 6.04 Å². The van der Waals surface area contributed by atoms with Gasteiger partial charge in [0.25, 0.3) is 0 Å². The molecular formula is C15H21N3. The number of likely N-dealkylation sites (N-methyl/N-ethyl adjacent to an activating group) is 1. The summed E-state index contributed by atoms with van der Waals surface area (Å²) in [5, 5.41) is 7.74.